The summed E-state index contributed by atoms with van der Waals surface area (Å²) in [5, 5.41) is 9.23. The van der Waals surface area contributed by atoms with Gasteiger partial charge in [-0.25, -0.2) is 4.79 Å². The smallest absolute Gasteiger partial charge is 0.419 e. The summed E-state index contributed by atoms with van der Waals surface area (Å²) in [6, 6.07) is 3.44. The number of benzene rings is 1. The fourth-order valence-electron chi connectivity index (χ4n) is 2.72. The van der Waals surface area contributed by atoms with Crippen molar-refractivity contribution in [2.45, 2.75) is 37.8 Å². The lowest BCUT2D eigenvalue weighted by Gasteiger charge is -2.26. The molecule has 1 N–H and O–H groups in total. The zero-order valence-corrected chi connectivity index (χ0v) is 13.6. The number of carbonyl (C=O) groups is 2. The molecule has 2 rings (SSSR count). The van der Waals surface area contributed by atoms with Crippen LogP contribution in [0.4, 0.5) is 13.2 Å². The summed E-state index contributed by atoms with van der Waals surface area (Å²) in [5.74, 6) is -2.38. The molecule has 1 amide bonds. The minimum Gasteiger partial charge on any atom is -0.480 e. The first kappa shape index (κ1) is 19.0. The monoisotopic (exact) mass is 361 g/mol. The second-order valence-corrected chi connectivity index (χ2v) is 5.69. The number of carboxylic acids is 1. The Morgan fingerprint density at radius 2 is 1.96 bits per heavy atom. The molecule has 1 aliphatic heterocycles. The van der Waals surface area contributed by atoms with E-state index in [-0.39, 0.29) is 13.0 Å². The second-order valence-electron chi connectivity index (χ2n) is 5.69. The molecule has 1 aromatic rings. The van der Waals surface area contributed by atoms with E-state index < -0.39 is 47.6 Å². The highest BCUT2D eigenvalue weighted by Gasteiger charge is 2.42. The van der Waals surface area contributed by atoms with Crippen LogP contribution in [0.25, 0.3) is 0 Å². The van der Waals surface area contributed by atoms with Gasteiger partial charge in [0.1, 0.15) is 11.8 Å². The van der Waals surface area contributed by atoms with Gasteiger partial charge in [0.25, 0.3) is 5.91 Å². The molecule has 1 heterocycles. The highest BCUT2D eigenvalue weighted by molar-refractivity contribution is 5.87. The Morgan fingerprint density at radius 1 is 1.32 bits per heavy atom. The Morgan fingerprint density at radius 3 is 2.52 bits per heavy atom. The summed E-state index contributed by atoms with van der Waals surface area (Å²) in [6.45, 7) is 1.33. The van der Waals surface area contributed by atoms with E-state index in [1.54, 1.807) is 0 Å². The molecule has 9 heteroatoms. The molecular formula is C16H18F3NO5. The van der Waals surface area contributed by atoms with Crippen LogP contribution in [0.1, 0.15) is 18.9 Å². The van der Waals surface area contributed by atoms with Gasteiger partial charge in [-0.2, -0.15) is 13.2 Å². The van der Waals surface area contributed by atoms with Crippen LogP contribution in [0.3, 0.4) is 0 Å². The van der Waals surface area contributed by atoms with Gasteiger partial charge in [-0.3, -0.25) is 4.79 Å². The Kier molecular flexibility index (Phi) is 5.56. The molecule has 0 saturated carbocycles. The molecule has 0 spiro atoms. The van der Waals surface area contributed by atoms with E-state index >= 15 is 0 Å². The Labute approximate surface area is 142 Å². The number of rotatable bonds is 5. The summed E-state index contributed by atoms with van der Waals surface area (Å²) >= 11 is 0. The number of alkyl halides is 3. The average Bonchev–Trinajstić information content (AvgIpc) is 2.98. The molecule has 3 unspecified atom stereocenters. The van der Waals surface area contributed by atoms with Crippen LogP contribution in [0.2, 0.25) is 0 Å². The molecule has 0 radical (unpaired) electrons. The number of methoxy groups -OCH3 is 1. The van der Waals surface area contributed by atoms with Gasteiger partial charge in [-0.15, -0.1) is 0 Å². The fourth-order valence-corrected chi connectivity index (χ4v) is 2.72. The molecule has 1 aliphatic rings. The minimum absolute atomic E-state index is 0.0426. The largest absolute Gasteiger partial charge is 0.480 e. The number of para-hydroxylation sites is 1. The van der Waals surface area contributed by atoms with Crippen LogP contribution in [0, 0.1) is 0 Å². The van der Waals surface area contributed by atoms with Gasteiger partial charge < -0.3 is 19.5 Å². The Bertz CT molecular complexity index is 649. The lowest BCUT2D eigenvalue weighted by molar-refractivity contribution is -0.151. The topological polar surface area (TPSA) is 76.1 Å². The number of aliphatic carboxylic acids is 1. The average molecular weight is 361 g/mol. The third kappa shape index (κ3) is 4.22. The van der Waals surface area contributed by atoms with Crippen LogP contribution in [0.15, 0.2) is 24.3 Å². The maximum atomic E-state index is 13.0. The Hall–Kier alpha value is -2.29. The van der Waals surface area contributed by atoms with Gasteiger partial charge in [-0.1, -0.05) is 12.1 Å². The molecule has 25 heavy (non-hydrogen) atoms. The van der Waals surface area contributed by atoms with Crippen LogP contribution in [0.5, 0.6) is 5.75 Å². The van der Waals surface area contributed by atoms with Crippen LogP contribution >= 0.6 is 0 Å². The number of nitrogens with zero attached hydrogens (tertiary/aromatic N) is 1. The predicted molar refractivity (Wildman–Crippen MR) is 80.1 cm³/mol. The van der Waals surface area contributed by atoms with E-state index in [9.17, 15) is 27.9 Å². The first-order valence-corrected chi connectivity index (χ1v) is 7.54. The minimum atomic E-state index is -4.63. The van der Waals surface area contributed by atoms with E-state index in [0.717, 1.165) is 17.0 Å². The molecule has 1 saturated heterocycles. The molecule has 1 aromatic carbocycles. The third-order valence-corrected chi connectivity index (χ3v) is 4.01. The summed E-state index contributed by atoms with van der Waals surface area (Å²) in [7, 11) is 1.40. The van der Waals surface area contributed by atoms with Crippen molar-refractivity contribution in [2.75, 3.05) is 13.7 Å². The van der Waals surface area contributed by atoms with Crippen LogP contribution < -0.4 is 4.74 Å². The zero-order valence-electron chi connectivity index (χ0n) is 13.6. The first-order valence-electron chi connectivity index (χ1n) is 7.54. The van der Waals surface area contributed by atoms with Crippen molar-refractivity contribution in [1.29, 1.82) is 0 Å². The van der Waals surface area contributed by atoms with Crippen molar-refractivity contribution in [2.24, 2.45) is 0 Å². The zero-order chi connectivity index (χ0) is 18.8. The number of ether oxygens (including phenoxy) is 2. The maximum Gasteiger partial charge on any atom is 0.419 e. The normalized spacial score (nSPS) is 21.9. The quantitative estimate of drug-likeness (QED) is 0.870. The van der Waals surface area contributed by atoms with Gasteiger partial charge in [-0.05, 0) is 19.1 Å². The molecule has 0 bridgehead atoms. The fraction of sp³-hybridized carbons (Fsp3) is 0.500. The predicted octanol–water partition coefficient (Wildman–Crippen LogP) is 2.17. The van der Waals surface area contributed by atoms with E-state index in [1.165, 1.54) is 26.2 Å². The van der Waals surface area contributed by atoms with E-state index in [4.69, 9.17) is 9.47 Å². The molecule has 6 nitrogen and oxygen atoms in total. The molecule has 3 atom stereocenters. The standard InChI is InChI=1S/C16H18F3NO5/c1-9(25-13-6-4-3-5-11(13)16(17,18)19)14(21)20-8-10(24-2)7-12(20)15(22)23/h3-6,9-10,12H,7-8H2,1-2H3,(H,22,23). The van der Waals surface area contributed by atoms with Crippen molar-refractivity contribution in [3.8, 4) is 5.75 Å². The SMILES string of the molecule is COC1CC(C(=O)O)N(C(=O)C(C)Oc2ccccc2C(F)(F)F)C1. The van der Waals surface area contributed by atoms with Crippen molar-refractivity contribution in [3.05, 3.63) is 29.8 Å². The number of amides is 1. The lowest BCUT2D eigenvalue weighted by atomic mass is 10.2. The summed E-state index contributed by atoms with van der Waals surface area (Å²) in [5.41, 5.74) is -0.999. The summed E-state index contributed by atoms with van der Waals surface area (Å²) in [6.07, 6.45) is -6.23. The highest BCUT2D eigenvalue weighted by Crippen LogP contribution is 2.36. The molecule has 0 aliphatic carbocycles. The maximum absolute atomic E-state index is 13.0. The summed E-state index contributed by atoms with van der Waals surface area (Å²) < 4.78 is 49.3. The van der Waals surface area contributed by atoms with E-state index in [1.807, 2.05) is 0 Å². The van der Waals surface area contributed by atoms with Gasteiger partial charge in [0, 0.05) is 20.1 Å². The number of carbonyl (C=O) groups excluding carboxylic acids is 1. The first-order chi connectivity index (χ1) is 11.6. The number of carboxylic acid groups (broad SMARTS) is 1. The van der Waals surface area contributed by atoms with Crippen molar-refractivity contribution in [1.82, 2.24) is 4.90 Å². The summed E-state index contributed by atoms with van der Waals surface area (Å²) in [4.78, 5) is 24.9. The van der Waals surface area contributed by atoms with Gasteiger partial charge in [0.15, 0.2) is 6.10 Å². The molecular weight excluding hydrogens is 343 g/mol. The molecule has 138 valence electrons. The number of hydrogen-bond acceptors (Lipinski definition) is 4. The van der Waals surface area contributed by atoms with Gasteiger partial charge in [0.05, 0.1) is 11.7 Å². The lowest BCUT2D eigenvalue weighted by Crippen LogP contribution is -2.46. The Balaban J connectivity index is 2.17. The van der Waals surface area contributed by atoms with Crippen LogP contribution in [-0.4, -0.2) is 53.8 Å². The number of hydrogen-bond donors (Lipinski definition) is 1. The molecule has 0 aromatic heterocycles. The van der Waals surface area contributed by atoms with Gasteiger partial charge >= 0.3 is 12.1 Å². The van der Waals surface area contributed by atoms with Crippen molar-refractivity contribution in [3.63, 3.8) is 0 Å². The van der Waals surface area contributed by atoms with Crippen LogP contribution in [-0.2, 0) is 20.5 Å². The van der Waals surface area contributed by atoms with Crippen molar-refractivity contribution >= 4 is 11.9 Å². The van der Waals surface area contributed by atoms with Crippen molar-refractivity contribution < 1.29 is 37.3 Å². The number of likely N-dealkylation sites (tertiary alicyclic amines) is 1. The highest BCUT2D eigenvalue weighted by atomic mass is 19.4. The van der Waals surface area contributed by atoms with Gasteiger partial charge in [0.2, 0.25) is 0 Å². The van der Waals surface area contributed by atoms with E-state index in [0.29, 0.717) is 0 Å². The second kappa shape index (κ2) is 7.30. The van der Waals surface area contributed by atoms with E-state index in [2.05, 4.69) is 0 Å². The number of halogens is 3. The molecule has 1 fully saturated rings. The third-order valence-electron chi connectivity index (χ3n) is 4.01.